The number of methoxy groups -OCH3 is 1. The van der Waals surface area contributed by atoms with E-state index in [1.165, 1.54) is 26.8 Å². The molecule has 5 rings (SSSR count). The molecule has 6 heteroatoms. The summed E-state index contributed by atoms with van der Waals surface area (Å²) >= 11 is 0. The van der Waals surface area contributed by atoms with Crippen LogP contribution in [-0.4, -0.2) is 46.1 Å². The highest BCUT2D eigenvalue weighted by Gasteiger charge is 2.35. The number of benzene rings is 4. The number of piperidine rings is 1. The summed E-state index contributed by atoms with van der Waals surface area (Å²) in [5.41, 5.74) is 4.11. The second-order valence-corrected chi connectivity index (χ2v) is 10.1. The van der Waals surface area contributed by atoms with E-state index in [1.807, 2.05) is 42.5 Å². The number of hydrogen-bond donors (Lipinski definition) is 1. The van der Waals surface area contributed by atoms with Crippen LogP contribution < -0.4 is 10.2 Å². The van der Waals surface area contributed by atoms with E-state index >= 15 is 0 Å². The summed E-state index contributed by atoms with van der Waals surface area (Å²) < 4.78 is 17.7. The molecule has 1 aliphatic rings. The van der Waals surface area contributed by atoms with Gasteiger partial charge in [0.1, 0.15) is 6.61 Å². The second kappa shape index (κ2) is 12.9. The Bertz CT molecular complexity index is 1360. The predicted octanol–water partition coefficient (Wildman–Crippen LogP) is 6.15. The first-order valence-electron chi connectivity index (χ1n) is 13.5. The van der Waals surface area contributed by atoms with Gasteiger partial charge in [0.15, 0.2) is 0 Å². The van der Waals surface area contributed by atoms with Crippen LogP contribution in [0.4, 0.5) is 10.5 Å². The van der Waals surface area contributed by atoms with Gasteiger partial charge in [-0.3, -0.25) is 4.90 Å². The summed E-state index contributed by atoms with van der Waals surface area (Å²) in [6.07, 6.45) is -0.375. The van der Waals surface area contributed by atoms with Crippen molar-refractivity contribution in [3.8, 4) is 0 Å². The molecule has 3 atom stereocenters. The number of carbonyl (C=O) groups is 1. The van der Waals surface area contributed by atoms with Gasteiger partial charge in [0.05, 0.1) is 19.3 Å². The summed E-state index contributed by atoms with van der Waals surface area (Å²) in [5, 5.41) is 5.99. The number of ether oxygens (including phenoxy) is 3. The number of amides is 1. The molecule has 1 aliphatic heterocycles. The number of fused-ring (bicyclic) bond motifs is 1. The smallest absolute Gasteiger partial charge is 0.414 e. The standard InChI is InChI=1S/C33H36N2O4/c1-35(30-10-4-3-5-11-30)33(36)39-21-24-12-16-27(17-13-24)32-29(23-37-2)19-34-20-31(32)38-22-25-14-15-26-8-6-7-9-28(26)18-25/h3-18,29,31-32,34H,19-23H2,1-2H3. The molecule has 1 fully saturated rings. The van der Waals surface area contributed by atoms with E-state index in [2.05, 4.69) is 59.9 Å². The Balaban J connectivity index is 1.25. The summed E-state index contributed by atoms with van der Waals surface area (Å²) in [6, 6.07) is 32.7. The van der Waals surface area contributed by atoms with Crippen LogP contribution in [0.15, 0.2) is 97.1 Å². The zero-order valence-electron chi connectivity index (χ0n) is 22.6. The molecule has 6 nitrogen and oxygen atoms in total. The zero-order chi connectivity index (χ0) is 27.0. The van der Waals surface area contributed by atoms with Gasteiger partial charge >= 0.3 is 6.09 Å². The fourth-order valence-corrected chi connectivity index (χ4v) is 5.36. The summed E-state index contributed by atoms with van der Waals surface area (Å²) in [6.45, 7) is 3.07. The van der Waals surface area contributed by atoms with Crippen molar-refractivity contribution in [2.24, 2.45) is 5.92 Å². The van der Waals surface area contributed by atoms with Crippen molar-refractivity contribution < 1.29 is 19.0 Å². The second-order valence-electron chi connectivity index (χ2n) is 10.1. The lowest BCUT2D eigenvalue weighted by Crippen LogP contribution is -2.48. The monoisotopic (exact) mass is 524 g/mol. The Hall–Kier alpha value is -3.71. The Labute approximate surface area is 230 Å². The van der Waals surface area contributed by atoms with Gasteiger partial charge in [-0.1, -0.05) is 78.9 Å². The Morgan fingerprint density at radius 3 is 2.33 bits per heavy atom. The van der Waals surface area contributed by atoms with Gasteiger partial charge in [-0.15, -0.1) is 0 Å². The Morgan fingerprint density at radius 1 is 0.846 bits per heavy atom. The van der Waals surface area contributed by atoms with Crippen LogP contribution in [0.3, 0.4) is 0 Å². The van der Waals surface area contributed by atoms with Crippen molar-refractivity contribution in [3.05, 3.63) is 114 Å². The number of rotatable bonds is 9. The van der Waals surface area contributed by atoms with Gasteiger partial charge in [0.25, 0.3) is 0 Å². The number of hydrogen-bond acceptors (Lipinski definition) is 5. The quantitative estimate of drug-likeness (QED) is 0.285. The fraction of sp³-hybridized carbons (Fsp3) is 0.303. The van der Waals surface area contributed by atoms with E-state index < -0.39 is 0 Å². The first kappa shape index (κ1) is 26.9. The van der Waals surface area contributed by atoms with Gasteiger partial charge in [-0.05, 0) is 45.7 Å². The lowest BCUT2D eigenvalue weighted by molar-refractivity contribution is -0.0193. The molecule has 0 radical (unpaired) electrons. The van der Waals surface area contributed by atoms with E-state index in [0.29, 0.717) is 13.2 Å². The number of para-hydroxylation sites is 1. The van der Waals surface area contributed by atoms with Crippen molar-refractivity contribution in [2.45, 2.75) is 25.2 Å². The first-order valence-corrected chi connectivity index (χ1v) is 13.5. The van der Waals surface area contributed by atoms with Gasteiger partial charge in [0, 0.05) is 44.8 Å². The van der Waals surface area contributed by atoms with Crippen LogP contribution >= 0.6 is 0 Å². The molecule has 4 aromatic carbocycles. The molecule has 0 spiro atoms. The highest BCUT2D eigenvalue weighted by atomic mass is 16.6. The van der Waals surface area contributed by atoms with Gasteiger partial charge in [-0.2, -0.15) is 0 Å². The average Bonchev–Trinajstić information content (AvgIpc) is 2.99. The topological polar surface area (TPSA) is 60.0 Å². The average molecular weight is 525 g/mol. The molecule has 0 aromatic heterocycles. The first-order chi connectivity index (χ1) is 19.1. The van der Waals surface area contributed by atoms with Crippen LogP contribution in [-0.2, 0) is 27.4 Å². The van der Waals surface area contributed by atoms with Gasteiger partial charge in [-0.25, -0.2) is 4.79 Å². The summed E-state index contributed by atoms with van der Waals surface area (Å²) in [7, 11) is 3.46. The minimum atomic E-state index is -0.383. The number of nitrogens with zero attached hydrogens (tertiary/aromatic N) is 1. The molecule has 1 heterocycles. The molecule has 4 aromatic rings. The van der Waals surface area contributed by atoms with Crippen LogP contribution in [0.1, 0.15) is 22.6 Å². The highest BCUT2D eigenvalue weighted by Crippen LogP contribution is 2.33. The molecule has 0 saturated carbocycles. The minimum absolute atomic E-state index is 0.00794. The SMILES string of the molecule is COCC1CNCC(OCc2ccc3ccccc3c2)C1c1ccc(COC(=O)N(C)c2ccccc2)cc1. The molecular weight excluding hydrogens is 488 g/mol. The normalized spacial score (nSPS) is 19.1. The Kier molecular flexibility index (Phi) is 8.89. The van der Waals surface area contributed by atoms with E-state index in [1.54, 1.807) is 14.2 Å². The maximum absolute atomic E-state index is 12.5. The third-order valence-electron chi connectivity index (χ3n) is 7.46. The van der Waals surface area contributed by atoms with E-state index in [4.69, 9.17) is 14.2 Å². The van der Waals surface area contributed by atoms with Crippen molar-refractivity contribution in [2.75, 3.05) is 38.8 Å². The zero-order valence-corrected chi connectivity index (χ0v) is 22.6. The van der Waals surface area contributed by atoms with E-state index in [-0.39, 0.29) is 30.6 Å². The summed E-state index contributed by atoms with van der Waals surface area (Å²) in [5.74, 6) is 0.473. The third kappa shape index (κ3) is 6.66. The Morgan fingerprint density at radius 2 is 1.56 bits per heavy atom. The van der Waals surface area contributed by atoms with E-state index in [0.717, 1.165) is 24.3 Å². The van der Waals surface area contributed by atoms with Crippen molar-refractivity contribution in [1.82, 2.24) is 5.32 Å². The largest absolute Gasteiger partial charge is 0.444 e. The highest BCUT2D eigenvalue weighted by molar-refractivity contribution is 5.86. The maximum Gasteiger partial charge on any atom is 0.414 e. The van der Waals surface area contributed by atoms with Crippen molar-refractivity contribution >= 4 is 22.6 Å². The van der Waals surface area contributed by atoms with Crippen molar-refractivity contribution in [1.29, 1.82) is 0 Å². The molecule has 3 unspecified atom stereocenters. The lowest BCUT2D eigenvalue weighted by atomic mass is 9.79. The number of anilines is 1. The molecule has 202 valence electrons. The van der Waals surface area contributed by atoms with E-state index in [9.17, 15) is 4.79 Å². The predicted molar refractivity (Wildman–Crippen MR) is 155 cm³/mol. The van der Waals surface area contributed by atoms with Crippen molar-refractivity contribution in [3.63, 3.8) is 0 Å². The molecule has 1 saturated heterocycles. The molecule has 1 N–H and O–H groups in total. The fourth-order valence-electron chi connectivity index (χ4n) is 5.36. The lowest BCUT2D eigenvalue weighted by Gasteiger charge is -2.38. The molecular formula is C33H36N2O4. The number of nitrogens with one attached hydrogen (secondary N) is 1. The van der Waals surface area contributed by atoms with Gasteiger partial charge < -0.3 is 19.5 Å². The van der Waals surface area contributed by atoms with Crippen LogP contribution in [0.5, 0.6) is 0 Å². The maximum atomic E-state index is 12.5. The molecule has 0 aliphatic carbocycles. The van der Waals surface area contributed by atoms with Crippen LogP contribution in [0.25, 0.3) is 10.8 Å². The van der Waals surface area contributed by atoms with Crippen LogP contribution in [0, 0.1) is 5.92 Å². The van der Waals surface area contributed by atoms with Gasteiger partial charge in [0.2, 0.25) is 0 Å². The number of carbonyl (C=O) groups excluding carboxylic acids is 1. The third-order valence-corrected chi connectivity index (χ3v) is 7.46. The summed E-state index contributed by atoms with van der Waals surface area (Å²) in [4.78, 5) is 14.0. The minimum Gasteiger partial charge on any atom is -0.444 e. The van der Waals surface area contributed by atoms with Crippen LogP contribution in [0.2, 0.25) is 0 Å². The molecule has 39 heavy (non-hydrogen) atoms. The molecule has 0 bridgehead atoms. The molecule has 1 amide bonds.